The molecule has 0 saturated heterocycles. The quantitative estimate of drug-likeness (QED) is 0.223. The molecule has 3 aromatic rings. The van der Waals surface area contributed by atoms with E-state index in [1.165, 1.54) is 25.5 Å². The van der Waals surface area contributed by atoms with Crippen molar-refractivity contribution in [2.24, 2.45) is 5.10 Å². The van der Waals surface area contributed by atoms with E-state index in [-0.39, 0.29) is 4.90 Å². The van der Waals surface area contributed by atoms with Crippen molar-refractivity contribution in [2.45, 2.75) is 11.8 Å². The number of amides is 1. The molecule has 0 atom stereocenters. The summed E-state index contributed by atoms with van der Waals surface area (Å²) in [6.45, 7) is 1.80. The summed E-state index contributed by atoms with van der Waals surface area (Å²) in [5.74, 6) is -0.533. The summed E-state index contributed by atoms with van der Waals surface area (Å²) in [6, 6.07) is 18.9. The molecule has 188 valence electrons. The number of nitrogens with zero attached hydrogens (tertiary/aromatic N) is 2. The summed E-state index contributed by atoms with van der Waals surface area (Å²) in [5.41, 5.74) is 3.63. The van der Waals surface area contributed by atoms with Gasteiger partial charge in [0.15, 0.2) is 0 Å². The van der Waals surface area contributed by atoms with Crippen LogP contribution in [0.1, 0.15) is 22.8 Å². The minimum Gasteiger partial charge on any atom is -0.494 e. The SMILES string of the molecule is CCOc1ccc(N(CC(=O)N/N=C\c2ccc(C(=O)OC)cc2)S(=O)(=O)c2ccc(Br)cc2)cc1. The van der Waals surface area contributed by atoms with Gasteiger partial charge in [0.2, 0.25) is 0 Å². The molecule has 0 aliphatic carbocycles. The fraction of sp³-hybridized carbons (Fsp3) is 0.160. The average Bonchev–Trinajstić information content (AvgIpc) is 2.88. The van der Waals surface area contributed by atoms with Gasteiger partial charge in [0.05, 0.1) is 36.1 Å². The van der Waals surface area contributed by atoms with Crippen molar-refractivity contribution in [1.82, 2.24) is 5.43 Å². The highest BCUT2D eigenvalue weighted by Crippen LogP contribution is 2.26. The molecule has 36 heavy (non-hydrogen) atoms. The van der Waals surface area contributed by atoms with Crippen molar-refractivity contribution in [1.29, 1.82) is 0 Å². The van der Waals surface area contributed by atoms with Crippen molar-refractivity contribution in [3.8, 4) is 5.75 Å². The van der Waals surface area contributed by atoms with Crippen LogP contribution in [0.5, 0.6) is 5.75 Å². The molecule has 0 heterocycles. The van der Waals surface area contributed by atoms with E-state index in [1.54, 1.807) is 60.7 Å². The van der Waals surface area contributed by atoms with Gasteiger partial charge in [-0.1, -0.05) is 28.1 Å². The molecule has 0 radical (unpaired) electrons. The number of benzene rings is 3. The lowest BCUT2D eigenvalue weighted by molar-refractivity contribution is -0.119. The van der Waals surface area contributed by atoms with Crippen LogP contribution in [0.15, 0.2) is 87.3 Å². The molecule has 0 unspecified atom stereocenters. The van der Waals surface area contributed by atoms with Crippen molar-refractivity contribution in [3.63, 3.8) is 0 Å². The molecule has 3 aromatic carbocycles. The number of hydrogen-bond acceptors (Lipinski definition) is 7. The van der Waals surface area contributed by atoms with Crippen molar-refractivity contribution < 1.29 is 27.5 Å². The zero-order valence-corrected chi connectivity index (χ0v) is 22.0. The maximum atomic E-state index is 13.4. The number of sulfonamides is 1. The first-order chi connectivity index (χ1) is 17.2. The Kier molecular flexibility index (Phi) is 9.20. The number of hydrogen-bond donors (Lipinski definition) is 1. The average molecular weight is 574 g/mol. The molecule has 11 heteroatoms. The highest BCUT2D eigenvalue weighted by molar-refractivity contribution is 9.10. The summed E-state index contributed by atoms with van der Waals surface area (Å²) < 4.78 is 38.6. The van der Waals surface area contributed by atoms with Gasteiger partial charge < -0.3 is 9.47 Å². The first-order valence-electron chi connectivity index (χ1n) is 10.8. The second-order valence-electron chi connectivity index (χ2n) is 7.30. The predicted octanol–water partition coefficient (Wildman–Crippen LogP) is 3.98. The number of carbonyl (C=O) groups is 2. The lowest BCUT2D eigenvalue weighted by Gasteiger charge is -2.24. The van der Waals surface area contributed by atoms with Crippen LogP contribution in [0.4, 0.5) is 5.69 Å². The van der Waals surface area contributed by atoms with Gasteiger partial charge in [0.25, 0.3) is 15.9 Å². The first-order valence-corrected chi connectivity index (χ1v) is 13.0. The standard InChI is InChI=1S/C25H24BrN3O6S/c1-3-35-22-12-10-21(11-13-22)29(36(32,33)23-14-8-20(26)9-15-23)17-24(30)28-27-16-18-4-6-19(7-5-18)25(31)34-2/h4-16H,3,17H2,1-2H3,(H,28,30)/b27-16-. The third-order valence-corrected chi connectivity index (χ3v) is 7.18. The second kappa shape index (κ2) is 12.3. The van der Waals surface area contributed by atoms with Crippen LogP contribution in [0.25, 0.3) is 0 Å². The zero-order valence-electron chi connectivity index (χ0n) is 19.5. The van der Waals surface area contributed by atoms with E-state index in [9.17, 15) is 18.0 Å². The van der Waals surface area contributed by atoms with Gasteiger partial charge >= 0.3 is 5.97 Å². The van der Waals surface area contributed by atoms with Gasteiger partial charge in [0.1, 0.15) is 12.3 Å². The molecule has 0 aliphatic heterocycles. The summed E-state index contributed by atoms with van der Waals surface area (Å²) in [6.07, 6.45) is 1.38. The van der Waals surface area contributed by atoms with Crippen LogP contribution < -0.4 is 14.5 Å². The number of anilines is 1. The van der Waals surface area contributed by atoms with Gasteiger partial charge in [-0.25, -0.2) is 18.6 Å². The van der Waals surface area contributed by atoms with Crippen LogP contribution in [0, 0.1) is 0 Å². The minimum atomic E-state index is -4.07. The monoisotopic (exact) mass is 573 g/mol. The molecule has 1 amide bonds. The van der Waals surface area contributed by atoms with Crippen molar-refractivity contribution in [3.05, 3.63) is 88.4 Å². The van der Waals surface area contributed by atoms with E-state index < -0.39 is 28.4 Å². The molecule has 1 N–H and O–H groups in total. The maximum absolute atomic E-state index is 13.4. The Balaban J connectivity index is 1.79. The summed E-state index contributed by atoms with van der Waals surface area (Å²) in [4.78, 5) is 24.2. The van der Waals surface area contributed by atoms with Gasteiger partial charge in [-0.05, 0) is 73.2 Å². The molecule has 0 fully saturated rings. The van der Waals surface area contributed by atoms with E-state index in [1.807, 2.05) is 6.92 Å². The van der Waals surface area contributed by atoms with Gasteiger partial charge in [-0.15, -0.1) is 0 Å². The molecular formula is C25H24BrN3O6S. The minimum absolute atomic E-state index is 0.0292. The number of rotatable bonds is 10. The number of hydrazone groups is 1. The Bertz CT molecular complexity index is 1330. The van der Waals surface area contributed by atoms with Crippen molar-refractivity contribution in [2.75, 3.05) is 24.6 Å². The van der Waals surface area contributed by atoms with Crippen molar-refractivity contribution >= 4 is 49.7 Å². The van der Waals surface area contributed by atoms with Crippen LogP contribution in [0.2, 0.25) is 0 Å². The Labute approximate surface area is 217 Å². The van der Waals surface area contributed by atoms with Gasteiger partial charge in [0, 0.05) is 4.47 Å². The van der Waals surface area contributed by atoms with Crippen LogP contribution in [-0.4, -0.2) is 46.8 Å². The molecule has 0 bridgehead atoms. The lowest BCUT2D eigenvalue weighted by Crippen LogP contribution is -2.39. The number of esters is 1. The number of ether oxygens (including phenoxy) is 2. The zero-order chi connectivity index (χ0) is 26.1. The third kappa shape index (κ3) is 6.92. The Hall–Kier alpha value is -3.70. The molecule has 9 nitrogen and oxygen atoms in total. The van der Waals surface area contributed by atoms with Crippen LogP contribution in [0.3, 0.4) is 0 Å². The second-order valence-corrected chi connectivity index (χ2v) is 10.1. The smallest absolute Gasteiger partial charge is 0.337 e. The van der Waals surface area contributed by atoms with E-state index in [4.69, 9.17) is 4.74 Å². The fourth-order valence-corrected chi connectivity index (χ4v) is 4.78. The van der Waals surface area contributed by atoms with E-state index in [0.717, 1.165) is 8.78 Å². The number of nitrogens with one attached hydrogen (secondary N) is 1. The summed E-state index contributed by atoms with van der Waals surface area (Å²) >= 11 is 3.29. The van der Waals surface area contributed by atoms with E-state index in [2.05, 4.69) is 31.2 Å². The lowest BCUT2D eigenvalue weighted by atomic mass is 10.1. The Morgan fingerprint density at radius 2 is 1.64 bits per heavy atom. The molecule has 0 spiro atoms. The van der Waals surface area contributed by atoms with Gasteiger partial charge in [-0.2, -0.15) is 5.10 Å². The summed E-state index contributed by atoms with van der Waals surface area (Å²) in [5, 5.41) is 3.90. The van der Waals surface area contributed by atoms with E-state index >= 15 is 0 Å². The number of methoxy groups -OCH3 is 1. The summed E-state index contributed by atoms with van der Waals surface area (Å²) in [7, 11) is -2.78. The molecule has 3 rings (SSSR count). The molecular weight excluding hydrogens is 550 g/mol. The maximum Gasteiger partial charge on any atom is 0.337 e. The topological polar surface area (TPSA) is 114 Å². The number of halogens is 1. The first kappa shape index (κ1) is 26.9. The predicted molar refractivity (Wildman–Crippen MR) is 140 cm³/mol. The third-order valence-electron chi connectivity index (χ3n) is 4.86. The van der Waals surface area contributed by atoms with E-state index in [0.29, 0.717) is 29.2 Å². The molecule has 0 saturated carbocycles. The Morgan fingerprint density at radius 1 is 1.00 bits per heavy atom. The molecule has 0 aromatic heterocycles. The van der Waals surface area contributed by atoms with Gasteiger partial charge in [-0.3, -0.25) is 9.10 Å². The fourth-order valence-electron chi connectivity index (χ4n) is 3.09. The largest absolute Gasteiger partial charge is 0.494 e. The van der Waals surface area contributed by atoms with Crippen LogP contribution >= 0.6 is 15.9 Å². The van der Waals surface area contributed by atoms with Crippen LogP contribution in [-0.2, 0) is 19.6 Å². The number of carbonyl (C=O) groups excluding carboxylic acids is 2. The Morgan fingerprint density at radius 3 is 2.22 bits per heavy atom. The normalized spacial score (nSPS) is 11.2. The molecule has 0 aliphatic rings. The highest BCUT2D eigenvalue weighted by Gasteiger charge is 2.27. The highest BCUT2D eigenvalue weighted by atomic mass is 79.9.